The number of hydrogen-bond donors (Lipinski definition) is 0. The highest BCUT2D eigenvalue weighted by molar-refractivity contribution is 6.35. The molecule has 0 bridgehead atoms. The van der Waals surface area contributed by atoms with E-state index in [9.17, 15) is 19.2 Å². The number of rotatable bonds is 4. The van der Waals surface area contributed by atoms with Gasteiger partial charge in [-0.3, -0.25) is 24.1 Å². The number of likely N-dealkylation sites (tertiary alicyclic amines) is 1. The van der Waals surface area contributed by atoms with E-state index in [1.165, 1.54) is 4.90 Å². The van der Waals surface area contributed by atoms with Crippen LogP contribution < -0.4 is 4.74 Å². The number of Topliss-reactive ketones (excluding diaryl/α,β-unsaturated/α-hetero) is 2. The van der Waals surface area contributed by atoms with Crippen LogP contribution in [-0.2, 0) is 20.9 Å². The molecule has 36 heavy (non-hydrogen) atoms. The van der Waals surface area contributed by atoms with Gasteiger partial charge in [-0.25, -0.2) is 0 Å². The molecule has 2 fully saturated rings. The monoisotopic (exact) mass is 481 g/mol. The number of hydrogen-bond acceptors (Lipinski definition) is 6. The summed E-state index contributed by atoms with van der Waals surface area (Å²) in [6.07, 6.45) is -0.942. The second kappa shape index (κ2) is 7.96. The van der Waals surface area contributed by atoms with Crippen LogP contribution >= 0.6 is 0 Å². The third kappa shape index (κ3) is 2.96. The van der Waals surface area contributed by atoms with Crippen LogP contribution in [0.15, 0.2) is 72.8 Å². The smallest absolute Gasteiger partial charge is 0.237 e. The maximum atomic E-state index is 13.9. The van der Waals surface area contributed by atoms with E-state index in [-0.39, 0.29) is 17.7 Å². The van der Waals surface area contributed by atoms with Gasteiger partial charge < -0.3 is 9.47 Å². The molecule has 3 aliphatic rings. The first-order valence-corrected chi connectivity index (χ1v) is 11.8. The van der Waals surface area contributed by atoms with E-state index in [2.05, 4.69) is 0 Å². The lowest BCUT2D eigenvalue weighted by Crippen LogP contribution is -2.50. The van der Waals surface area contributed by atoms with E-state index in [1.54, 1.807) is 55.6 Å². The minimum Gasteiger partial charge on any atom is -0.497 e. The van der Waals surface area contributed by atoms with Gasteiger partial charge in [0.15, 0.2) is 0 Å². The maximum absolute atomic E-state index is 13.9. The first kappa shape index (κ1) is 22.4. The Labute approximate surface area is 207 Å². The number of ketones is 2. The molecule has 1 aliphatic carbocycles. The molecule has 0 saturated carbocycles. The fourth-order valence-corrected chi connectivity index (χ4v) is 5.70. The summed E-state index contributed by atoms with van der Waals surface area (Å²) in [7, 11) is 1.54. The molecule has 7 nitrogen and oxygen atoms in total. The van der Waals surface area contributed by atoms with Gasteiger partial charge in [0, 0.05) is 11.1 Å². The van der Waals surface area contributed by atoms with Crippen LogP contribution in [0.3, 0.4) is 0 Å². The van der Waals surface area contributed by atoms with Crippen molar-refractivity contribution in [1.29, 1.82) is 0 Å². The number of fused-ring (bicyclic) bond motifs is 3. The summed E-state index contributed by atoms with van der Waals surface area (Å²) in [5.74, 6) is -3.76. The molecule has 3 atom stereocenters. The lowest BCUT2D eigenvalue weighted by atomic mass is 9.77. The zero-order valence-electron chi connectivity index (χ0n) is 19.8. The number of amides is 2. The molecule has 2 saturated heterocycles. The summed E-state index contributed by atoms with van der Waals surface area (Å²) in [4.78, 5) is 56.3. The number of aryl methyl sites for hydroxylation is 1. The highest BCUT2D eigenvalue weighted by Crippen LogP contribution is 2.57. The SMILES string of the molecule is COc1ccc(C2OC3(C(=O)c4ccccc4C3=O)C3C(=O)N(Cc4ccc(C)cc4)C(=O)C23)cc1. The summed E-state index contributed by atoms with van der Waals surface area (Å²) in [6, 6.07) is 20.9. The first-order valence-electron chi connectivity index (χ1n) is 11.8. The molecule has 0 aromatic heterocycles. The van der Waals surface area contributed by atoms with Gasteiger partial charge >= 0.3 is 0 Å². The molecule has 0 radical (unpaired) electrons. The molecule has 180 valence electrons. The van der Waals surface area contributed by atoms with E-state index >= 15 is 0 Å². The van der Waals surface area contributed by atoms with Crippen molar-refractivity contribution in [3.05, 3.63) is 101 Å². The average molecular weight is 482 g/mol. The topological polar surface area (TPSA) is 90.0 Å². The summed E-state index contributed by atoms with van der Waals surface area (Å²) in [5.41, 5.74) is 0.806. The first-order chi connectivity index (χ1) is 17.4. The van der Waals surface area contributed by atoms with Crippen LogP contribution in [-0.4, -0.2) is 41.0 Å². The molecule has 2 aliphatic heterocycles. The molecule has 2 amide bonds. The van der Waals surface area contributed by atoms with Crippen molar-refractivity contribution < 1.29 is 28.7 Å². The van der Waals surface area contributed by atoms with Crippen molar-refractivity contribution in [2.24, 2.45) is 11.8 Å². The highest BCUT2D eigenvalue weighted by atomic mass is 16.5. The molecule has 7 heteroatoms. The highest BCUT2D eigenvalue weighted by Gasteiger charge is 2.74. The largest absolute Gasteiger partial charge is 0.497 e. The number of ether oxygens (including phenoxy) is 2. The average Bonchev–Trinajstić information content (AvgIpc) is 3.46. The fourth-order valence-electron chi connectivity index (χ4n) is 5.70. The molecule has 1 spiro atoms. The third-order valence-corrected chi connectivity index (χ3v) is 7.52. The Kier molecular flexibility index (Phi) is 4.95. The van der Waals surface area contributed by atoms with E-state index in [0.29, 0.717) is 11.3 Å². The predicted molar refractivity (Wildman–Crippen MR) is 128 cm³/mol. The van der Waals surface area contributed by atoms with E-state index in [1.807, 2.05) is 31.2 Å². The van der Waals surface area contributed by atoms with Crippen LogP contribution in [0.1, 0.15) is 43.5 Å². The minimum atomic E-state index is -2.06. The molecule has 3 aromatic rings. The Morgan fingerprint density at radius 3 is 2.03 bits per heavy atom. The third-order valence-electron chi connectivity index (χ3n) is 7.52. The number of nitrogens with zero attached hydrogens (tertiary/aromatic N) is 1. The second-order valence-electron chi connectivity index (χ2n) is 9.50. The lowest BCUT2D eigenvalue weighted by Gasteiger charge is -2.27. The molecular weight excluding hydrogens is 458 g/mol. The fraction of sp³-hybridized carbons (Fsp3) is 0.241. The molecule has 6 rings (SSSR count). The summed E-state index contributed by atoms with van der Waals surface area (Å²) in [5, 5.41) is 0. The second-order valence-corrected chi connectivity index (χ2v) is 9.50. The van der Waals surface area contributed by atoms with Gasteiger partial charge in [-0.2, -0.15) is 0 Å². The van der Waals surface area contributed by atoms with E-state index < -0.39 is 46.9 Å². The van der Waals surface area contributed by atoms with Crippen LogP contribution in [0.2, 0.25) is 0 Å². The van der Waals surface area contributed by atoms with Gasteiger partial charge in [-0.1, -0.05) is 66.2 Å². The summed E-state index contributed by atoms with van der Waals surface area (Å²) < 4.78 is 11.5. The number of carbonyl (C=O) groups is 4. The zero-order chi connectivity index (χ0) is 25.2. The number of carbonyl (C=O) groups excluding carboxylic acids is 4. The Bertz CT molecular complexity index is 1390. The Balaban J connectivity index is 1.47. The number of methoxy groups -OCH3 is 1. The van der Waals surface area contributed by atoms with Crippen molar-refractivity contribution in [3.63, 3.8) is 0 Å². The number of benzene rings is 3. The standard InChI is InChI=1S/C29H23NO6/c1-16-7-9-17(10-8-16)15-30-27(33)22-23(28(30)34)29(25(31)20-5-3-4-6-21(20)26(29)32)36-24(22)18-11-13-19(35-2)14-12-18/h3-14,22-24H,15H2,1-2H3. The Morgan fingerprint density at radius 1 is 0.833 bits per heavy atom. The van der Waals surface area contributed by atoms with Crippen LogP contribution in [0.4, 0.5) is 0 Å². The van der Waals surface area contributed by atoms with Gasteiger partial charge in [0.25, 0.3) is 0 Å². The van der Waals surface area contributed by atoms with Crippen molar-refractivity contribution in [2.75, 3.05) is 7.11 Å². The molecule has 0 N–H and O–H groups in total. The molecule has 3 unspecified atom stereocenters. The van der Waals surface area contributed by atoms with Gasteiger partial charge in [-0.15, -0.1) is 0 Å². The Hall–Kier alpha value is -4.10. The van der Waals surface area contributed by atoms with Crippen molar-refractivity contribution in [2.45, 2.75) is 25.2 Å². The quantitative estimate of drug-likeness (QED) is 0.417. The maximum Gasteiger partial charge on any atom is 0.237 e. The van der Waals surface area contributed by atoms with Crippen LogP contribution in [0.25, 0.3) is 0 Å². The molecular formula is C29H23NO6. The van der Waals surface area contributed by atoms with Crippen LogP contribution in [0, 0.1) is 18.8 Å². The molecule has 3 aromatic carbocycles. The van der Waals surface area contributed by atoms with E-state index in [4.69, 9.17) is 9.47 Å². The zero-order valence-corrected chi connectivity index (χ0v) is 19.8. The van der Waals surface area contributed by atoms with Crippen LogP contribution in [0.5, 0.6) is 5.75 Å². The minimum absolute atomic E-state index is 0.0612. The Morgan fingerprint density at radius 2 is 1.44 bits per heavy atom. The van der Waals surface area contributed by atoms with Crippen molar-refractivity contribution in [3.8, 4) is 5.75 Å². The normalized spacial score (nSPS) is 23.9. The van der Waals surface area contributed by atoms with Gasteiger partial charge in [0.2, 0.25) is 29.0 Å². The number of imide groups is 1. The summed E-state index contributed by atoms with van der Waals surface area (Å²) in [6.45, 7) is 2.02. The van der Waals surface area contributed by atoms with Crippen molar-refractivity contribution in [1.82, 2.24) is 4.90 Å². The lowest BCUT2D eigenvalue weighted by molar-refractivity contribution is -0.145. The van der Waals surface area contributed by atoms with Crippen molar-refractivity contribution >= 4 is 23.4 Å². The van der Waals surface area contributed by atoms with E-state index in [0.717, 1.165) is 11.1 Å². The van der Waals surface area contributed by atoms with Gasteiger partial charge in [0.05, 0.1) is 31.6 Å². The van der Waals surface area contributed by atoms with Gasteiger partial charge in [0.1, 0.15) is 5.75 Å². The van der Waals surface area contributed by atoms with Gasteiger partial charge in [-0.05, 0) is 30.2 Å². The molecule has 2 heterocycles. The predicted octanol–water partition coefficient (Wildman–Crippen LogP) is 3.69. The summed E-state index contributed by atoms with van der Waals surface area (Å²) >= 11 is 0.